The van der Waals surface area contributed by atoms with E-state index in [0.717, 1.165) is 0 Å². The molecule has 6 nitrogen and oxygen atoms in total. The minimum atomic E-state index is -0.327. The number of nitrogens with zero attached hydrogens (tertiary/aromatic N) is 2. The number of carbonyl (C=O) groups excluding carboxylic acids is 2. The van der Waals surface area contributed by atoms with Crippen LogP contribution in [0.25, 0.3) is 0 Å². The smallest absolute Gasteiger partial charge is 0.269 e. The highest BCUT2D eigenvalue weighted by Crippen LogP contribution is 2.11. The Hall–Kier alpha value is -2.44. The second-order valence-electron chi connectivity index (χ2n) is 4.62. The molecule has 0 aromatic heterocycles. The number of halogens is 1. The third kappa shape index (κ3) is 4.27. The van der Waals surface area contributed by atoms with E-state index in [1.165, 1.54) is 29.2 Å². The predicted molar refractivity (Wildman–Crippen MR) is 74.3 cm³/mol. The van der Waals surface area contributed by atoms with E-state index in [2.05, 4.69) is 10.5 Å². The Morgan fingerprint density at radius 3 is 2.71 bits per heavy atom. The van der Waals surface area contributed by atoms with Crippen LogP contribution in [0.5, 0.6) is 5.75 Å². The summed E-state index contributed by atoms with van der Waals surface area (Å²) in [7, 11) is 1.63. The maximum Gasteiger partial charge on any atom is 0.269 e. The Morgan fingerprint density at radius 1 is 1.38 bits per heavy atom. The van der Waals surface area contributed by atoms with E-state index in [9.17, 15) is 14.0 Å². The van der Waals surface area contributed by atoms with Gasteiger partial charge in [0.05, 0.1) is 6.54 Å². The van der Waals surface area contributed by atoms with E-state index >= 15 is 0 Å². The average Bonchev–Trinajstić information content (AvgIpc) is 2.49. The number of hydrogen-bond acceptors (Lipinski definition) is 4. The highest BCUT2D eigenvalue weighted by atomic mass is 19.1. The van der Waals surface area contributed by atoms with Crippen LogP contribution in [-0.2, 0) is 9.59 Å². The maximum atomic E-state index is 12.7. The van der Waals surface area contributed by atoms with Crippen LogP contribution in [0.15, 0.2) is 29.4 Å². The molecule has 2 rings (SSSR count). The summed E-state index contributed by atoms with van der Waals surface area (Å²) in [5, 5.41) is 3.75. The maximum absolute atomic E-state index is 12.7. The summed E-state index contributed by atoms with van der Waals surface area (Å²) in [5.41, 5.74) is 2.62. The molecule has 1 aliphatic heterocycles. The molecule has 0 unspecified atom stereocenters. The molecule has 1 aliphatic rings. The van der Waals surface area contributed by atoms with Crippen LogP contribution in [0.4, 0.5) is 4.39 Å². The van der Waals surface area contributed by atoms with Gasteiger partial charge >= 0.3 is 0 Å². The van der Waals surface area contributed by atoms with Crippen LogP contribution < -0.4 is 10.2 Å². The molecule has 0 spiro atoms. The molecule has 1 aromatic rings. The molecule has 112 valence electrons. The normalized spacial score (nSPS) is 14.2. The monoisotopic (exact) mass is 293 g/mol. The number of likely N-dealkylation sites (N-methyl/N-ethyl adjacent to an activating group) is 1. The van der Waals surface area contributed by atoms with Crippen molar-refractivity contribution in [3.05, 3.63) is 30.1 Å². The van der Waals surface area contributed by atoms with E-state index in [-0.39, 0.29) is 30.7 Å². The zero-order valence-corrected chi connectivity index (χ0v) is 11.6. The number of benzene rings is 1. The minimum Gasteiger partial charge on any atom is -0.492 e. The predicted octanol–water partition coefficient (Wildman–Crippen LogP) is 0.929. The van der Waals surface area contributed by atoms with E-state index in [1.54, 1.807) is 7.05 Å². The Kier molecular flexibility index (Phi) is 4.86. The van der Waals surface area contributed by atoms with Gasteiger partial charge in [0.2, 0.25) is 5.91 Å². The molecule has 2 amide bonds. The van der Waals surface area contributed by atoms with Crippen molar-refractivity contribution in [3.63, 3.8) is 0 Å². The Labute approximate surface area is 121 Å². The van der Waals surface area contributed by atoms with Gasteiger partial charge in [-0.3, -0.25) is 9.59 Å². The SMILES string of the molecule is CN(CCOc1ccc(F)cc1)C(=O)C1=NNC(=O)CC1. The number of carbonyl (C=O) groups is 2. The summed E-state index contributed by atoms with van der Waals surface area (Å²) in [5.74, 6) is -0.210. The Balaban J connectivity index is 1.79. The minimum absolute atomic E-state index is 0.186. The third-order valence-electron chi connectivity index (χ3n) is 3.01. The summed E-state index contributed by atoms with van der Waals surface area (Å²) >= 11 is 0. The van der Waals surface area contributed by atoms with Crippen LogP contribution >= 0.6 is 0 Å². The molecule has 0 aliphatic carbocycles. The lowest BCUT2D eigenvalue weighted by atomic mass is 10.1. The van der Waals surface area contributed by atoms with E-state index in [1.807, 2.05) is 0 Å². The van der Waals surface area contributed by atoms with Gasteiger partial charge in [-0.15, -0.1) is 0 Å². The first-order chi connectivity index (χ1) is 10.1. The fourth-order valence-electron chi connectivity index (χ4n) is 1.78. The average molecular weight is 293 g/mol. The summed E-state index contributed by atoms with van der Waals surface area (Å²) in [6, 6.07) is 5.67. The molecule has 0 radical (unpaired) electrons. The molecule has 7 heteroatoms. The van der Waals surface area contributed by atoms with Gasteiger partial charge in [0.25, 0.3) is 5.91 Å². The van der Waals surface area contributed by atoms with Crippen LogP contribution in [0.3, 0.4) is 0 Å². The standard InChI is InChI=1S/C14H16FN3O3/c1-18(14(20)12-6-7-13(19)17-16-12)8-9-21-11-4-2-10(15)3-5-11/h2-5H,6-9H2,1H3,(H,17,19). The largest absolute Gasteiger partial charge is 0.492 e. The van der Waals surface area contributed by atoms with Crippen molar-refractivity contribution in [2.75, 3.05) is 20.2 Å². The Morgan fingerprint density at radius 2 is 2.10 bits per heavy atom. The highest BCUT2D eigenvalue weighted by Gasteiger charge is 2.21. The quantitative estimate of drug-likeness (QED) is 0.878. The summed E-state index contributed by atoms with van der Waals surface area (Å²) in [6.45, 7) is 0.649. The van der Waals surface area contributed by atoms with Gasteiger partial charge in [-0.05, 0) is 24.3 Å². The molecule has 1 aromatic carbocycles. The topological polar surface area (TPSA) is 71.0 Å². The van der Waals surface area contributed by atoms with Gasteiger partial charge in [0, 0.05) is 19.9 Å². The number of hydrazone groups is 1. The fourth-order valence-corrected chi connectivity index (χ4v) is 1.78. The van der Waals surface area contributed by atoms with Gasteiger partial charge in [-0.25, -0.2) is 9.82 Å². The van der Waals surface area contributed by atoms with Gasteiger partial charge in [-0.1, -0.05) is 0 Å². The molecule has 0 saturated carbocycles. The second kappa shape index (κ2) is 6.83. The zero-order valence-electron chi connectivity index (χ0n) is 11.6. The van der Waals surface area contributed by atoms with E-state index < -0.39 is 0 Å². The lowest BCUT2D eigenvalue weighted by Gasteiger charge is -2.20. The van der Waals surface area contributed by atoms with E-state index in [4.69, 9.17) is 4.74 Å². The third-order valence-corrected chi connectivity index (χ3v) is 3.01. The molecule has 0 bridgehead atoms. The second-order valence-corrected chi connectivity index (χ2v) is 4.62. The van der Waals surface area contributed by atoms with Crippen molar-refractivity contribution in [2.45, 2.75) is 12.8 Å². The molecule has 1 heterocycles. The van der Waals surface area contributed by atoms with Crippen LogP contribution in [-0.4, -0.2) is 42.6 Å². The van der Waals surface area contributed by atoms with Gasteiger partial charge in [0.15, 0.2) is 0 Å². The van der Waals surface area contributed by atoms with Crippen molar-refractivity contribution in [1.29, 1.82) is 0 Å². The first kappa shape index (κ1) is 15.0. The van der Waals surface area contributed by atoms with Gasteiger partial charge in [0.1, 0.15) is 23.9 Å². The first-order valence-electron chi connectivity index (χ1n) is 6.55. The van der Waals surface area contributed by atoms with Crippen LogP contribution in [0, 0.1) is 5.82 Å². The molecule has 0 fully saturated rings. The lowest BCUT2D eigenvalue weighted by Crippen LogP contribution is -2.39. The summed E-state index contributed by atoms with van der Waals surface area (Å²) in [4.78, 5) is 24.5. The van der Waals surface area contributed by atoms with Crippen molar-refractivity contribution in [2.24, 2.45) is 5.10 Å². The van der Waals surface area contributed by atoms with Gasteiger partial charge in [-0.2, -0.15) is 5.10 Å². The number of ether oxygens (including phenoxy) is 1. The zero-order chi connectivity index (χ0) is 15.2. The fraction of sp³-hybridized carbons (Fsp3) is 0.357. The number of rotatable bonds is 5. The van der Waals surface area contributed by atoms with Crippen molar-refractivity contribution >= 4 is 17.5 Å². The molecule has 21 heavy (non-hydrogen) atoms. The molecular formula is C14H16FN3O3. The van der Waals surface area contributed by atoms with Gasteiger partial charge < -0.3 is 9.64 Å². The number of nitrogens with one attached hydrogen (secondary N) is 1. The Bertz CT molecular complexity index is 557. The molecule has 0 saturated heterocycles. The summed E-state index contributed by atoms with van der Waals surface area (Å²) in [6.07, 6.45) is 0.609. The summed E-state index contributed by atoms with van der Waals surface area (Å²) < 4.78 is 18.1. The number of hydrogen-bond donors (Lipinski definition) is 1. The molecule has 1 N–H and O–H groups in total. The molecule has 0 atom stereocenters. The lowest BCUT2D eigenvalue weighted by molar-refractivity contribution is -0.123. The van der Waals surface area contributed by atoms with Crippen molar-refractivity contribution in [1.82, 2.24) is 10.3 Å². The van der Waals surface area contributed by atoms with E-state index in [0.29, 0.717) is 24.4 Å². The van der Waals surface area contributed by atoms with Crippen molar-refractivity contribution < 1.29 is 18.7 Å². The van der Waals surface area contributed by atoms with Crippen molar-refractivity contribution in [3.8, 4) is 5.75 Å². The first-order valence-corrected chi connectivity index (χ1v) is 6.55. The molecular weight excluding hydrogens is 277 g/mol. The van der Waals surface area contributed by atoms with Crippen LogP contribution in [0.2, 0.25) is 0 Å². The number of amides is 2. The van der Waals surface area contributed by atoms with Crippen LogP contribution in [0.1, 0.15) is 12.8 Å². The highest BCUT2D eigenvalue weighted by molar-refractivity contribution is 6.39.